The molecule has 0 heterocycles. The first kappa shape index (κ1) is 14.8. The molecule has 0 rings (SSSR count). The van der Waals surface area contributed by atoms with Gasteiger partial charge in [-0.25, -0.2) is 0 Å². The van der Waals surface area contributed by atoms with Gasteiger partial charge in [-0.2, -0.15) is 0 Å². The van der Waals surface area contributed by atoms with E-state index >= 15 is 0 Å². The molecule has 0 aromatic heterocycles. The standard InChI is InChI=1S/C11H28N4/c1-2-3-4-6-13-8-10-15-11-9-14-7-5-12/h13-15H,2-12H2,1H3. The molecule has 0 aromatic carbocycles. The van der Waals surface area contributed by atoms with Crippen LogP contribution in [0.5, 0.6) is 0 Å². The van der Waals surface area contributed by atoms with E-state index in [9.17, 15) is 0 Å². The summed E-state index contributed by atoms with van der Waals surface area (Å²) in [6.45, 7) is 9.17. The first-order valence-corrected chi connectivity index (χ1v) is 6.24. The summed E-state index contributed by atoms with van der Waals surface area (Å²) in [6.07, 6.45) is 3.94. The maximum atomic E-state index is 5.36. The molecule has 4 nitrogen and oxygen atoms in total. The minimum atomic E-state index is 0.721. The molecule has 0 spiro atoms. The van der Waals surface area contributed by atoms with Gasteiger partial charge in [0.2, 0.25) is 0 Å². The zero-order valence-corrected chi connectivity index (χ0v) is 10.1. The van der Waals surface area contributed by atoms with Gasteiger partial charge in [0.05, 0.1) is 0 Å². The number of unbranched alkanes of at least 4 members (excludes halogenated alkanes) is 2. The topological polar surface area (TPSA) is 62.1 Å². The number of nitrogens with two attached hydrogens (primary N) is 1. The second-order valence-electron chi connectivity index (χ2n) is 3.75. The van der Waals surface area contributed by atoms with Gasteiger partial charge in [0, 0.05) is 39.3 Å². The number of hydrogen-bond acceptors (Lipinski definition) is 4. The average Bonchev–Trinajstić information content (AvgIpc) is 2.26. The summed E-state index contributed by atoms with van der Waals surface area (Å²) in [7, 11) is 0. The van der Waals surface area contributed by atoms with Gasteiger partial charge in [-0.3, -0.25) is 0 Å². The van der Waals surface area contributed by atoms with Gasteiger partial charge in [-0.1, -0.05) is 19.8 Å². The smallest absolute Gasteiger partial charge is 0.00772 e. The Bertz CT molecular complexity index is 96.8. The number of rotatable bonds is 12. The van der Waals surface area contributed by atoms with Gasteiger partial charge in [0.25, 0.3) is 0 Å². The first-order chi connectivity index (χ1) is 7.41. The van der Waals surface area contributed by atoms with E-state index in [-0.39, 0.29) is 0 Å². The zero-order chi connectivity index (χ0) is 11.2. The molecule has 0 saturated heterocycles. The fraction of sp³-hybridized carbons (Fsp3) is 1.00. The minimum absolute atomic E-state index is 0.721. The molecule has 0 saturated carbocycles. The highest BCUT2D eigenvalue weighted by Gasteiger charge is 1.88. The molecule has 0 aliphatic rings. The van der Waals surface area contributed by atoms with Crippen LogP contribution in [0.3, 0.4) is 0 Å². The zero-order valence-electron chi connectivity index (χ0n) is 10.1. The van der Waals surface area contributed by atoms with E-state index in [4.69, 9.17) is 5.73 Å². The van der Waals surface area contributed by atoms with Crippen molar-refractivity contribution in [1.82, 2.24) is 16.0 Å². The van der Waals surface area contributed by atoms with Crippen molar-refractivity contribution in [1.29, 1.82) is 0 Å². The molecule has 0 atom stereocenters. The largest absolute Gasteiger partial charge is 0.329 e. The molecule has 4 heteroatoms. The second-order valence-corrected chi connectivity index (χ2v) is 3.75. The molecule has 0 unspecified atom stereocenters. The van der Waals surface area contributed by atoms with E-state index in [0.717, 1.165) is 45.8 Å². The van der Waals surface area contributed by atoms with Gasteiger partial charge in [-0.05, 0) is 13.0 Å². The second kappa shape index (κ2) is 13.8. The van der Waals surface area contributed by atoms with Crippen LogP contribution < -0.4 is 21.7 Å². The Morgan fingerprint density at radius 1 is 0.733 bits per heavy atom. The average molecular weight is 216 g/mol. The lowest BCUT2D eigenvalue weighted by atomic mass is 10.2. The molecule has 0 aromatic rings. The van der Waals surface area contributed by atoms with Gasteiger partial charge >= 0.3 is 0 Å². The molecule has 0 fully saturated rings. The van der Waals surface area contributed by atoms with E-state index in [1.165, 1.54) is 19.3 Å². The normalized spacial score (nSPS) is 10.8. The highest BCUT2D eigenvalue weighted by atomic mass is 15.0. The fourth-order valence-electron chi connectivity index (χ4n) is 1.33. The molecule has 0 radical (unpaired) electrons. The van der Waals surface area contributed by atoms with Crippen LogP contribution in [0, 0.1) is 0 Å². The maximum absolute atomic E-state index is 5.36. The predicted octanol–water partition coefficient (Wildman–Crippen LogP) is -0.0959. The van der Waals surface area contributed by atoms with Gasteiger partial charge in [-0.15, -0.1) is 0 Å². The summed E-state index contributed by atoms with van der Waals surface area (Å²) in [4.78, 5) is 0. The van der Waals surface area contributed by atoms with Crippen LogP contribution >= 0.6 is 0 Å². The van der Waals surface area contributed by atoms with Crippen LogP contribution in [0.4, 0.5) is 0 Å². The highest BCUT2D eigenvalue weighted by Crippen LogP contribution is 1.90. The monoisotopic (exact) mass is 216 g/mol. The van der Waals surface area contributed by atoms with Crippen LogP contribution in [0.2, 0.25) is 0 Å². The Hall–Kier alpha value is -0.160. The quantitative estimate of drug-likeness (QED) is 0.344. The van der Waals surface area contributed by atoms with Crippen molar-refractivity contribution < 1.29 is 0 Å². The van der Waals surface area contributed by atoms with Gasteiger partial charge in [0.1, 0.15) is 0 Å². The third-order valence-corrected chi connectivity index (χ3v) is 2.24. The summed E-state index contributed by atoms with van der Waals surface area (Å²) in [5.74, 6) is 0. The molecule has 92 valence electrons. The van der Waals surface area contributed by atoms with Crippen molar-refractivity contribution >= 4 is 0 Å². The van der Waals surface area contributed by atoms with Crippen LogP contribution in [0.1, 0.15) is 26.2 Å². The molecule has 0 bridgehead atoms. The Morgan fingerprint density at radius 2 is 1.27 bits per heavy atom. The lowest BCUT2D eigenvalue weighted by Crippen LogP contribution is -2.34. The van der Waals surface area contributed by atoms with E-state index < -0.39 is 0 Å². The lowest BCUT2D eigenvalue weighted by Gasteiger charge is -2.06. The minimum Gasteiger partial charge on any atom is -0.329 e. The molecule has 5 N–H and O–H groups in total. The van der Waals surface area contributed by atoms with Crippen molar-refractivity contribution in [3.05, 3.63) is 0 Å². The Labute approximate surface area is 94.4 Å². The third-order valence-electron chi connectivity index (χ3n) is 2.24. The maximum Gasteiger partial charge on any atom is 0.00772 e. The molecule has 0 amide bonds. The van der Waals surface area contributed by atoms with Crippen LogP contribution in [-0.4, -0.2) is 45.8 Å². The van der Waals surface area contributed by atoms with Crippen LogP contribution in [-0.2, 0) is 0 Å². The summed E-state index contributed by atoms with van der Waals surface area (Å²) >= 11 is 0. The molecule has 15 heavy (non-hydrogen) atoms. The fourth-order valence-corrected chi connectivity index (χ4v) is 1.33. The van der Waals surface area contributed by atoms with Gasteiger partial charge < -0.3 is 21.7 Å². The van der Waals surface area contributed by atoms with Crippen molar-refractivity contribution in [2.75, 3.05) is 45.8 Å². The summed E-state index contributed by atoms with van der Waals surface area (Å²) in [5.41, 5.74) is 5.36. The van der Waals surface area contributed by atoms with Crippen molar-refractivity contribution in [3.8, 4) is 0 Å². The molecule has 0 aliphatic heterocycles. The van der Waals surface area contributed by atoms with Gasteiger partial charge in [0.15, 0.2) is 0 Å². The molecule has 0 aliphatic carbocycles. The highest BCUT2D eigenvalue weighted by molar-refractivity contribution is 4.55. The molecular weight excluding hydrogens is 188 g/mol. The predicted molar refractivity (Wildman–Crippen MR) is 67.2 cm³/mol. The first-order valence-electron chi connectivity index (χ1n) is 6.24. The van der Waals surface area contributed by atoms with E-state index in [2.05, 4.69) is 22.9 Å². The van der Waals surface area contributed by atoms with Crippen molar-refractivity contribution in [3.63, 3.8) is 0 Å². The summed E-state index contributed by atoms with van der Waals surface area (Å²) in [5, 5.41) is 10.0. The SMILES string of the molecule is CCCCCNCCNCCNCCN. The number of hydrogen-bond donors (Lipinski definition) is 4. The third kappa shape index (κ3) is 13.8. The summed E-state index contributed by atoms with van der Waals surface area (Å²) < 4.78 is 0. The lowest BCUT2D eigenvalue weighted by molar-refractivity contribution is 0.567. The van der Waals surface area contributed by atoms with E-state index in [0.29, 0.717) is 0 Å². The Kier molecular flexibility index (Phi) is 13.7. The van der Waals surface area contributed by atoms with Crippen molar-refractivity contribution in [2.45, 2.75) is 26.2 Å². The van der Waals surface area contributed by atoms with Crippen LogP contribution in [0.15, 0.2) is 0 Å². The number of nitrogens with one attached hydrogen (secondary N) is 3. The van der Waals surface area contributed by atoms with E-state index in [1.807, 2.05) is 0 Å². The van der Waals surface area contributed by atoms with Crippen molar-refractivity contribution in [2.24, 2.45) is 5.73 Å². The van der Waals surface area contributed by atoms with E-state index in [1.54, 1.807) is 0 Å². The summed E-state index contributed by atoms with van der Waals surface area (Å²) in [6, 6.07) is 0. The Balaban J connectivity index is 2.81. The van der Waals surface area contributed by atoms with Crippen LogP contribution in [0.25, 0.3) is 0 Å². The molecular formula is C11H28N4. The Morgan fingerprint density at radius 3 is 1.80 bits per heavy atom.